The van der Waals surface area contributed by atoms with Crippen molar-refractivity contribution in [3.63, 3.8) is 0 Å². The van der Waals surface area contributed by atoms with Crippen molar-refractivity contribution in [3.05, 3.63) is 65.2 Å². The zero-order chi connectivity index (χ0) is 15.4. The molecule has 0 saturated heterocycles. The predicted molar refractivity (Wildman–Crippen MR) is 93.5 cm³/mol. The molecule has 0 aliphatic carbocycles. The number of hydrogen-bond acceptors (Lipinski definition) is 4. The van der Waals surface area contributed by atoms with E-state index in [1.807, 2.05) is 17.8 Å². The number of ether oxygens (including phenoxy) is 1. The minimum absolute atomic E-state index is 0.344. The first-order chi connectivity index (χ1) is 11.2. The fourth-order valence-electron chi connectivity index (χ4n) is 3.81. The summed E-state index contributed by atoms with van der Waals surface area (Å²) in [6, 6.07) is 17.5. The maximum absolute atomic E-state index is 6.23. The molecule has 0 fully saturated rings. The lowest BCUT2D eigenvalue weighted by Gasteiger charge is -2.47. The summed E-state index contributed by atoms with van der Waals surface area (Å²) in [5.41, 5.74) is 3.69. The fourth-order valence-corrected chi connectivity index (χ4v) is 5.00. The molecule has 0 spiro atoms. The van der Waals surface area contributed by atoms with Gasteiger partial charge in [-0.15, -0.1) is 0 Å². The van der Waals surface area contributed by atoms with Crippen LogP contribution in [0.25, 0.3) is 0 Å². The summed E-state index contributed by atoms with van der Waals surface area (Å²) in [6.07, 6.45) is 0.913. The first-order valence-electron chi connectivity index (χ1n) is 8.06. The Bertz CT molecular complexity index is 819. The summed E-state index contributed by atoms with van der Waals surface area (Å²) in [5.74, 6) is 1.97. The van der Waals surface area contributed by atoms with E-state index < -0.39 is 5.72 Å². The second-order valence-corrected chi connectivity index (χ2v) is 7.56. The summed E-state index contributed by atoms with van der Waals surface area (Å²) in [7, 11) is 0. The van der Waals surface area contributed by atoms with Crippen LogP contribution in [0.2, 0.25) is 0 Å². The highest BCUT2D eigenvalue weighted by molar-refractivity contribution is 8.13. The molecular weight excluding hydrogens is 304 g/mol. The van der Waals surface area contributed by atoms with E-state index in [0.717, 1.165) is 29.6 Å². The van der Waals surface area contributed by atoms with Crippen molar-refractivity contribution in [3.8, 4) is 5.75 Å². The Hall–Kier alpha value is -1.94. The number of rotatable bonds is 0. The molecule has 116 valence electrons. The molecule has 0 amide bonds. The van der Waals surface area contributed by atoms with Crippen molar-refractivity contribution in [1.29, 1.82) is 0 Å². The molecule has 3 heterocycles. The van der Waals surface area contributed by atoms with E-state index in [1.165, 1.54) is 16.7 Å². The van der Waals surface area contributed by atoms with Gasteiger partial charge in [-0.2, -0.15) is 0 Å². The first-order valence-corrected chi connectivity index (χ1v) is 9.04. The molecule has 2 atom stereocenters. The van der Waals surface area contributed by atoms with Gasteiger partial charge in [0.15, 0.2) is 5.17 Å². The molecule has 2 aromatic rings. The molecule has 3 nitrogen and oxygen atoms in total. The molecular formula is C19H18N2OS. The van der Waals surface area contributed by atoms with Crippen LogP contribution >= 0.6 is 11.8 Å². The molecule has 5 rings (SSSR count). The molecule has 3 aliphatic rings. The molecule has 3 aliphatic heterocycles. The van der Waals surface area contributed by atoms with Gasteiger partial charge in [-0.05, 0) is 24.1 Å². The fraction of sp³-hybridized carbons (Fsp3) is 0.316. The number of nitrogens with zero attached hydrogens (tertiary/aromatic N) is 2. The maximum Gasteiger partial charge on any atom is 0.202 e. The molecule has 23 heavy (non-hydrogen) atoms. The van der Waals surface area contributed by atoms with Crippen molar-refractivity contribution in [2.45, 2.75) is 37.4 Å². The minimum atomic E-state index is -0.436. The van der Waals surface area contributed by atoms with Crippen LogP contribution in [0.5, 0.6) is 5.75 Å². The Morgan fingerprint density at radius 3 is 2.83 bits per heavy atom. The average molecular weight is 322 g/mol. The second-order valence-electron chi connectivity index (χ2n) is 6.61. The summed E-state index contributed by atoms with van der Waals surface area (Å²) in [6.45, 7) is 3.04. The van der Waals surface area contributed by atoms with Gasteiger partial charge >= 0.3 is 0 Å². The van der Waals surface area contributed by atoms with Gasteiger partial charge in [-0.25, -0.2) is 4.99 Å². The monoisotopic (exact) mass is 322 g/mol. The highest BCUT2D eigenvalue weighted by Crippen LogP contribution is 2.48. The van der Waals surface area contributed by atoms with Crippen LogP contribution in [0.1, 0.15) is 36.1 Å². The molecule has 0 aromatic heterocycles. The number of hydrogen-bond donors (Lipinski definition) is 0. The number of amidine groups is 1. The van der Waals surface area contributed by atoms with Gasteiger partial charge in [-0.1, -0.05) is 54.2 Å². The third-order valence-corrected chi connectivity index (χ3v) is 5.99. The number of para-hydroxylation sites is 1. The van der Waals surface area contributed by atoms with E-state index >= 15 is 0 Å². The standard InChI is InChI=1S/C19H18N2OS/c1-19-10-16(15-8-4-5-9-17(15)22-19)21-11-13-6-2-3-7-14(13)12-23-18(21)20-19/h2-9,16H,10-12H2,1H3. The molecule has 0 saturated carbocycles. The number of thioether (sulfide) groups is 1. The third kappa shape index (κ3) is 2.08. The van der Waals surface area contributed by atoms with Gasteiger partial charge in [-0.3, -0.25) is 0 Å². The SMILES string of the molecule is CC12CC(c3ccccc3O1)N1Cc3ccccc3CSC1=N2. The van der Waals surface area contributed by atoms with Crippen molar-refractivity contribution < 1.29 is 4.74 Å². The highest BCUT2D eigenvalue weighted by atomic mass is 32.2. The van der Waals surface area contributed by atoms with E-state index in [4.69, 9.17) is 9.73 Å². The van der Waals surface area contributed by atoms with Gasteiger partial charge in [0.05, 0.1) is 6.04 Å². The van der Waals surface area contributed by atoms with Gasteiger partial charge in [0.1, 0.15) is 5.75 Å². The summed E-state index contributed by atoms with van der Waals surface area (Å²) in [4.78, 5) is 7.45. The van der Waals surface area contributed by atoms with E-state index in [-0.39, 0.29) is 0 Å². The third-order valence-electron chi connectivity index (χ3n) is 4.95. The van der Waals surface area contributed by atoms with Crippen LogP contribution in [-0.4, -0.2) is 15.8 Å². The molecule has 4 heteroatoms. The van der Waals surface area contributed by atoms with Gasteiger partial charge < -0.3 is 9.64 Å². The van der Waals surface area contributed by atoms with Crippen LogP contribution in [0.15, 0.2) is 53.5 Å². The van der Waals surface area contributed by atoms with E-state index in [2.05, 4.69) is 54.3 Å². The van der Waals surface area contributed by atoms with E-state index in [1.54, 1.807) is 0 Å². The summed E-state index contributed by atoms with van der Waals surface area (Å²) in [5, 5.41) is 1.12. The van der Waals surface area contributed by atoms with E-state index in [9.17, 15) is 0 Å². The van der Waals surface area contributed by atoms with Gasteiger partial charge in [0.2, 0.25) is 5.72 Å². The number of aliphatic imine (C=N–C) groups is 1. The number of benzene rings is 2. The Balaban J connectivity index is 1.65. The molecule has 0 N–H and O–H groups in total. The lowest BCUT2D eigenvalue weighted by Crippen LogP contribution is -2.49. The quantitative estimate of drug-likeness (QED) is 0.721. The first kappa shape index (κ1) is 13.5. The van der Waals surface area contributed by atoms with Crippen molar-refractivity contribution in [2.75, 3.05) is 0 Å². The Morgan fingerprint density at radius 2 is 1.91 bits per heavy atom. The van der Waals surface area contributed by atoms with Crippen LogP contribution in [0, 0.1) is 0 Å². The van der Waals surface area contributed by atoms with E-state index in [0.29, 0.717) is 6.04 Å². The average Bonchev–Trinajstić information content (AvgIpc) is 2.74. The summed E-state index contributed by atoms with van der Waals surface area (Å²) >= 11 is 1.84. The smallest absolute Gasteiger partial charge is 0.202 e. The zero-order valence-corrected chi connectivity index (χ0v) is 13.8. The topological polar surface area (TPSA) is 24.8 Å². The molecule has 2 bridgehead atoms. The zero-order valence-electron chi connectivity index (χ0n) is 13.0. The van der Waals surface area contributed by atoms with Gasteiger partial charge in [0, 0.05) is 24.3 Å². The Kier molecular flexibility index (Phi) is 2.80. The summed E-state index contributed by atoms with van der Waals surface area (Å²) < 4.78 is 6.23. The van der Waals surface area contributed by atoms with Crippen LogP contribution in [0.4, 0.5) is 0 Å². The van der Waals surface area contributed by atoms with Gasteiger partial charge in [0.25, 0.3) is 0 Å². The Labute approximate surface area is 140 Å². The molecule has 2 unspecified atom stereocenters. The van der Waals surface area contributed by atoms with Crippen molar-refractivity contribution >= 4 is 16.9 Å². The van der Waals surface area contributed by atoms with Crippen molar-refractivity contribution in [1.82, 2.24) is 4.90 Å². The lowest BCUT2D eigenvalue weighted by atomic mass is 9.91. The second kappa shape index (κ2) is 4.78. The predicted octanol–water partition coefficient (Wildman–Crippen LogP) is 4.35. The highest BCUT2D eigenvalue weighted by Gasteiger charge is 2.45. The lowest BCUT2D eigenvalue weighted by molar-refractivity contribution is 0.0233. The molecule has 2 aromatic carbocycles. The number of fused-ring (bicyclic) bond motifs is 7. The van der Waals surface area contributed by atoms with Crippen molar-refractivity contribution in [2.24, 2.45) is 4.99 Å². The maximum atomic E-state index is 6.23. The largest absolute Gasteiger partial charge is 0.466 e. The minimum Gasteiger partial charge on any atom is -0.466 e. The van der Waals surface area contributed by atoms with Crippen LogP contribution < -0.4 is 4.74 Å². The molecule has 0 radical (unpaired) electrons. The van der Waals surface area contributed by atoms with Crippen LogP contribution in [0.3, 0.4) is 0 Å². The Morgan fingerprint density at radius 1 is 1.13 bits per heavy atom. The normalized spacial score (nSPS) is 27.8. The van der Waals surface area contributed by atoms with Crippen LogP contribution in [-0.2, 0) is 12.3 Å².